The molecule has 6 heteroatoms. The van der Waals surface area contributed by atoms with Gasteiger partial charge in [-0.3, -0.25) is 5.84 Å². The van der Waals surface area contributed by atoms with E-state index in [4.69, 9.17) is 22.2 Å². The van der Waals surface area contributed by atoms with Crippen LogP contribution in [0.2, 0.25) is 5.02 Å². The van der Waals surface area contributed by atoms with Crippen LogP contribution in [0.3, 0.4) is 0 Å². The predicted molar refractivity (Wildman–Crippen MR) is 73.5 cm³/mol. The second-order valence-electron chi connectivity index (χ2n) is 4.13. The maximum Gasteiger partial charge on any atom is 0.163 e. The lowest BCUT2D eigenvalue weighted by Gasteiger charge is -2.20. The van der Waals surface area contributed by atoms with E-state index in [0.29, 0.717) is 16.3 Å². The van der Waals surface area contributed by atoms with Crippen molar-refractivity contribution in [2.45, 2.75) is 6.04 Å². The van der Waals surface area contributed by atoms with Crippen LogP contribution < -0.4 is 16.0 Å². The Hall–Kier alpha value is -1.69. The number of methoxy groups -OCH3 is 1. The molecule has 0 aliphatic carbocycles. The molecule has 0 bridgehead atoms. The molecule has 0 saturated heterocycles. The Labute approximate surface area is 120 Å². The third-order valence-electron chi connectivity index (χ3n) is 2.96. The van der Waals surface area contributed by atoms with E-state index in [0.717, 1.165) is 6.07 Å². The highest BCUT2D eigenvalue weighted by Gasteiger charge is 2.22. The van der Waals surface area contributed by atoms with Gasteiger partial charge in [0.05, 0.1) is 13.2 Å². The molecule has 0 aliphatic heterocycles. The number of nitrogens with two attached hydrogens (primary N) is 1. The summed E-state index contributed by atoms with van der Waals surface area (Å²) in [5.74, 6) is 4.06. The minimum absolute atomic E-state index is 0.0769. The van der Waals surface area contributed by atoms with Gasteiger partial charge in [0.1, 0.15) is 5.75 Å². The third kappa shape index (κ3) is 2.75. The summed E-state index contributed by atoms with van der Waals surface area (Å²) in [6.45, 7) is 0. The first kappa shape index (κ1) is 14.7. The summed E-state index contributed by atoms with van der Waals surface area (Å²) >= 11 is 5.94. The Morgan fingerprint density at radius 2 is 1.95 bits per heavy atom. The zero-order valence-corrected chi connectivity index (χ0v) is 11.4. The van der Waals surface area contributed by atoms with E-state index in [1.807, 2.05) is 0 Å². The van der Waals surface area contributed by atoms with E-state index in [-0.39, 0.29) is 5.56 Å². The second kappa shape index (κ2) is 6.17. The van der Waals surface area contributed by atoms with E-state index in [2.05, 4.69) is 5.43 Å². The average molecular weight is 299 g/mol. The van der Waals surface area contributed by atoms with Crippen molar-refractivity contribution in [1.29, 1.82) is 0 Å². The van der Waals surface area contributed by atoms with Crippen molar-refractivity contribution in [3.05, 3.63) is 64.2 Å². The van der Waals surface area contributed by atoms with Crippen LogP contribution in [0.1, 0.15) is 17.2 Å². The molecule has 2 aromatic rings. The van der Waals surface area contributed by atoms with Crippen LogP contribution in [0.5, 0.6) is 5.75 Å². The minimum atomic E-state index is -0.961. The van der Waals surface area contributed by atoms with Crippen molar-refractivity contribution in [2.24, 2.45) is 5.84 Å². The van der Waals surface area contributed by atoms with Gasteiger partial charge in [-0.1, -0.05) is 23.7 Å². The molecule has 1 atom stereocenters. The largest absolute Gasteiger partial charge is 0.496 e. The molecule has 3 nitrogen and oxygen atoms in total. The van der Waals surface area contributed by atoms with E-state index >= 15 is 0 Å². The summed E-state index contributed by atoms with van der Waals surface area (Å²) in [6, 6.07) is 7.99. The molecule has 0 aliphatic rings. The molecule has 0 amide bonds. The first-order valence-electron chi connectivity index (χ1n) is 5.82. The van der Waals surface area contributed by atoms with Crippen LogP contribution in [0.25, 0.3) is 0 Å². The molecule has 1 unspecified atom stereocenters. The Morgan fingerprint density at radius 3 is 2.60 bits per heavy atom. The van der Waals surface area contributed by atoms with Gasteiger partial charge in [-0.2, -0.15) is 0 Å². The zero-order chi connectivity index (χ0) is 14.7. The fourth-order valence-electron chi connectivity index (χ4n) is 2.02. The standard InChI is InChI=1S/C14H13ClF2N2O/c1-20-12-6-5-8(15)7-10(12)14(19-18)9-3-2-4-11(16)13(9)17/h2-7,14,19H,18H2,1H3. The smallest absolute Gasteiger partial charge is 0.163 e. The van der Waals surface area contributed by atoms with E-state index < -0.39 is 17.7 Å². The average Bonchev–Trinajstić information content (AvgIpc) is 2.44. The lowest BCUT2D eigenvalue weighted by Crippen LogP contribution is -2.30. The number of nitrogens with one attached hydrogen (secondary N) is 1. The fourth-order valence-corrected chi connectivity index (χ4v) is 2.20. The molecule has 106 valence electrons. The zero-order valence-electron chi connectivity index (χ0n) is 10.7. The molecule has 0 heterocycles. The molecule has 0 aromatic heterocycles. The molecule has 2 rings (SSSR count). The number of rotatable bonds is 4. The summed E-state index contributed by atoms with van der Waals surface area (Å²) in [7, 11) is 1.47. The summed E-state index contributed by atoms with van der Waals surface area (Å²) in [6.07, 6.45) is 0. The third-order valence-corrected chi connectivity index (χ3v) is 3.20. The van der Waals surface area contributed by atoms with Gasteiger partial charge in [-0.05, 0) is 24.3 Å². The molecular formula is C14H13ClF2N2O. The summed E-state index contributed by atoms with van der Waals surface area (Å²) in [5.41, 5.74) is 3.06. The Morgan fingerprint density at radius 1 is 1.20 bits per heavy atom. The minimum Gasteiger partial charge on any atom is -0.496 e. The monoisotopic (exact) mass is 298 g/mol. The lowest BCUT2D eigenvalue weighted by atomic mass is 9.97. The number of ether oxygens (including phenoxy) is 1. The van der Waals surface area contributed by atoms with Gasteiger partial charge in [-0.25, -0.2) is 14.2 Å². The first-order valence-corrected chi connectivity index (χ1v) is 6.19. The van der Waals surface area contributed by atoms with Crippen molar-refractivity contribution in [3.63, 3.8) is 0 Å². The molecular weight excluding hydrogens is 286 g/mol. The van der Waals surface area contributed by atoms with Crippen LogP contribution in [-0.4, -0.2) is 7.11 Å². The highest BCUT2D eigenvalue weighted by atomic mass is 35.5. The molecule has 0 saturated carbocycles. The van der Waals surface area contributed by atoms with Crippen LogP contribution in [-0.2, 0) is 0 Å². The summed E-state index contributed by atoms with van der Waals surface area (Å²) < 4.78 is 32.5. The molecule has 0 radical (unpaired) electrons. The SMILES string of the molecule is COc1ccc(Cl)cc1C(NN)c1cccc(F)c1F. The number of benzene rings is 2. The number of hydrazine groups is 1. The summed E-state index contributed by atoms with van der Waals surface area (Å²) in [4.78, 5) is 0. The molecule has 0 fully saturated rings. The van der Waals surface area contributed by atoms with Gasteiger partial charge in [0.2, 0.25) is 0 Å². The number of hydrogen-bond acceptors (Lipinski definition) is 3. The quantitative estimate of drug-likeness (QED) is 0.673. The maximum absolute atomic E-state index is 13.9. The van der Waals surface area contributed by atoms with Crippen LogP contribution >= 0.6 is 11.6 Å². The van der Waals surface area contributed by atoms with Crippen LogP contribution in [0.4, 0.5) is 8.78 Å². The number of halogens is 3. The Balaban J connectivity index is 2.58. The van der Waals surface area contributed by atoms with E-state index in [9.17, 15) is 8.78 Å². The molecule has 2 aromatic carbocycles. The van der Waals surface area contributed by atoms with Crippen molar-refractivity contribution >= 4 is 11.6 Å². The highest BCUT2D eigenvalue weighted by Crippen LogP contribution is 2.33. The lowest BCUT2D eigenvalue weighted by molar-refractivity contribution is 0.402. The van der Waals surface area contributed by atoms with E-state index in [1.54, 1.807) is 18.2 Å². The predicted octanol–water partition coefficient (Wildman–Crippen LogP) is 3.18. The van der Waals surface area contributed by atoms with Gasteiger partial charge < -0.3 is 4.74 Å². The van der Waals surface area contributed by atoms with E-state index in [1.165, 1.54) is 19.2 Å². The van der Waals surface area contributed by atoms with Gasteiger partial charge in [0.15, 0.2) is 11.6 Å². The van der Waals surface area contributed by atoms with Gasteiger partial charge in [0.25, 0.3) is 0 Å². The maximum atomic E-state index is 13.9. The van der Waals surface area contributed by atoms with Gasteiger partial charge in [0, 0.05) is 16.1 Å². The fraction of sp³-hybridized carbons (Fsp3) is 0.143. The second-order valence-corrected chi connectivity index (χ2v) is 4.57. The van der Waals surface area contributed by atoms with Crippen molar-refractivity contribution in [3.8, 4) is 5.75 Å². The Kier molecular flexibility index (Phi) is 4.54. The molecule has 3 N–H and O–H groups in total. The van der Waals surface area contributed by atoms with Crippen molar-refractivity contribution < 1.29 is 13.5 Å². The topological polar surface area (TPSA) is 47.3 Å². The molecule has 0 spiro atoms. The van der Waals surface area contributed by atoms with Crippen LogP contribution in [0, 0.1) is 11.6 Å². The normalized spacial score (nSPS) is 12.2. The Bertz CT molecular complexity index is 622. The number of hydrogen-bond donors (Lipinski definition) is 2. The van der Waals surface area contributed by atoms with Crippen LogP contribution in [0.15, 0.2) is 36.4 Å². The summed E-state index contributed by atoms with van der Waals surface area (Å²) in [5, 5.41) is 0.442. The molecule has 20 heavy (non-hydrogen) atoms. The van der Waals surface area contributed by atoms with Crippen molar-refractivity contribution in [1.82, 2.24) is 5.43 Å². The van der Waals surface area contributed by atoms with Gasteiger partial charge in [-0.15, -0.1) is 0 Å². The highest BCUT2D eigenvalue weighted by molar-refractivity contribution is 6.30. The first-order chi connectivity index (χ1) is 9.58. The van der Waals surface area contributed by atoms with Gasteiger partial charge >= 0.3 is 0 Å². The van der Waals surface area contributed by atoms with Crippen molar-refractivity contribution in [2.75, 3.05) is 7.11 Å².